The minimum atomic E-state index is -0.431. The molecule has 0 aliphatic rings. The number of nitrogens with one attached hydrogen (secondary N) is 1. The third kappa shape index (κ3) is 4.74. The predicted octanol–water partition coefficient (Wildman–Crippen LogP) is 4.16. The van der Waals surface area contributed by atoms with E-state index < -0.39 is 5.91 Å². The minimum Gasteiger partial charge on any atom is -0.347 e. The number of carbonyl (C=O) groups excluding carboxylic acids is 1. The van der Waals surface area contributed by atoms with Gasteiger partial charge < -0.3 is 5.32 Å². The standard InChI is InChI=1S/C25H19N5O/c26-16-21(25(31)28-17-19-7-3-1-4-8-19)15-22-18-30(23-9-5-2-6-10-23)29-24(22)20-11-13-27-14-12-20/h1-15,18H,17H2,(H,28,31)/b21-15+. The minimum absolute atomic E-state index is 0.0128. The second-order valence-corrected chi connectivity index (χ2v) is 6.79. The predicted molar refractivity (Wildman–Crippen MR) is 119 cm³/mol. The van der Waals surface area contributed by atoms with Crippen molar-refractivity contribution in [3.05, 3.63) is 108 Å². The average Bonchev–Trinajstić information content (AvgIpc) is 3.27. The van der Waals surface area contributed by atoms with Crippen molar-refractivity contribution in [2.75, 3.05) is 0 Å². The van der Waals surface area contributed by atoms with Crippen LogP contribution in [0.2, 0.25) is 0 Å². The molecule has 0 radical (unpaired) electrons. The molecule has 0 spiro atoms. The molecule has 0 bridgehead atoms. The smallest absolute Gasteiger partial charge is 0.262 e. The third-order valence-corrected chi connectivity index (χ3v) is 4.68. The molecular formula is C25H19N5O. The van der Waals surface area contributed by atoms with Crippen molar-refractivity contribution in [3.8, 4) is 23.0 Å². The second-order valence-electron chi connectivity index (χ2n) is 6.79. The van der Waals surface area contributed by atoms with Gasteiger partial charge in [0.15, 0.2) is 0 Å². The number of para-hydroxylation sites is 1. The lowest BCUT2D eigenvalue weighted by atomic mass is 10.1. The largest absolute Gasteiger partial charge is 0.347 e. The fraction of sp³-hybridized carbons (Fsp3) is 0.0400. The van der Waals surface area contributed by atoms with Gasteiger partial charge in [-0.3, -0.25) is 9.78 Å². The zero-order valence-electron chi connectivity index (χ0n) is 16.6. The molecule has 31 heavy (non-hydrogen) atoms. The lowest BCUT2D eigenvalue weighted by Gasteiger charge is -2.04. The fourth-order valence-electron chi connectivity index (χ4n) is 3.12. The lowest BCUT2D eigenvalue weighted by molar-refractivity contribution is -0.117. The van der Waals surface area contributed by atoms with E-state index in [-0.39, 0.29) is 5.57 Å². The summed E-state index contributed by atoms with van der Waals surface area (Å²) in [6.07, 6.45) is 6.75. The second kappa shape index (κ2) is 9.33. The number of carbonyl (C=O) groups is 1. The number of nitriles is 1. The van der Waals surface area contributed by atoms with Crippen molar-refractivity contribution in [1.29, 1.82) is 5.26 Å². The molecule has 4 aromatic rings. The third-order valence-electron chi connectivity index (χ3n) is 4.68. The topological polar surface area (TPSA) is 83.6 Å². The van der Waals surface area contributed by atoms with Gasteiger partial charge in [0.05, 0.1) is 5.69 Å². The van der Waals surface area contributed by atoms with Crippen LogP contribution in [-0.4, -0.2) is 20.7 Å². The Kier molecular flexibility index (Phi) is 5.96. The van der Waals surface area contributed by atoms with Crippen LogP contribution in [0.1, 0.15) is 11.1 Å². The van der Waals surface area contributed by atoms with Crippen molar-refractivity contribution in [3.63, 3.8) is 0 Å². The van der Waals surface area contributed by atoms with Gasteiger partial charge in [-0.15, -0.1) is 0 Å². The van der Waals surface area contributed by atoms with Crippen LogP contribution in [0.5, 0.6) is 0 Å². The maximum absolute atomic E-state index is 12.6. The number of rotatable bonds is 6. The van der Waals surface area contributed by atoms with Gasteiger partial charge in [0.2, 0.25) is 0 Å². The number of nitrogens with zero attached hydrogens (tertiary/aromatic N) is 4. The Morgan fingerprint density at radius 1 is 1.00 bits per heavy atom. The Labute approximate surface area is 180 Å². The van der Waals surface area contributed by atoms with Crippen LogP contribution in [0.4, 0.5) is 0 Å². The molecule has 0 atom stereocenters. The van der Waals surface area contributed by atoms with Crippen molar-refractivity contribution < 1.29 is 4.79 Å². The number of hydrogen-bond acceptors (Lipinski definition) is 4. The molecule has 0 saturated heterocycles. The summed E-state index contributed by atoms with van der Waals surface area (Å²) < 4.78 is 1.73. The first kappa shape index (κ1) is 19.8. The zero-order chi connectivity index (χ0) is 21.5. The Bertz CT molecular complexity index is 1240. The van der Waals surface area contributed by atoms with Crippen LogP contribution >= 0.6 is 0 Å². The molecule has 0 saturated carbocycles. The summed E-state index contributed by atoms with van der Waals surface area (Å²) in [6.45, 7) is 0.346. The number of hydrogen-bond donors (Lipinski definition) is 1. The van der Waals surface area contributed by atoms with E-state index in [4.69, 9.17) is 5.10 Å². The first-order valence-corrected chi connectivity index (χ1v) is 9.74. The molecule has 0 aliphatic heterocycles. The number of benzene rings is 2. The first-order chi connectivity index (χ1) is 15.2. The highest BCUT2D eigenvalue weighted by atomic mass is 16.1. The van der Waals surface area contributed by atoms with Crippen LogP contribution in [0.15, 0.2) is 97.0 Å². The highest BCUT2D eigenvalue weighted by molar-refractivity contribution is 6.02. The summed E-state index contributed by atoms with van der Waals surface area (Å²) >= 11 is 0. The molecule has 1 amide bonds. The van der Waals surface area contributed by atoms with E-state index >= 15 is 0 Å². The zero-order valence-corrected chi connectivity index (χ0v) is 16.6. The quantitative estimate of drug-likeness (QED) is 0.386. The maximum Gasteiger partial charge on any atom is 0.262 e. The van der Waals surface area contributed by atoms with E-state index in [9.17, 15) is 10.1 Å². The normalized spacial score (nSPS) is 11.0. The molecule has 1 N–H and O–H groups in total. The Hall–Kier alpha value is -4.50. The van der Waals surface area contributed by atoms with Crippen LogP contribution in [0.25, 0.3) is 23.0 Å². The number of amides is 1. The van der Waals surface area contributed by atoms with E-state index in [2.05, 4.69) is 10.3 Å². The molecule has 0 unspecified atom stereocenters. The maximum atomic E-state index is 12.6. The summed E-state index contributed by atoms with van der Waals surface area (Å²) in [5.74, 6) is -0.431. The van der Waals surface area contributed by atoms with Gasteiger partial charge >= 0.3 is 0 Å². The lowest BCUT2D eigenvalue weighted by Crippen LogP contribution is -2.23. The van der Waals surface area contributed by atoms with Crippen molar-refractivity contribution in [1.82, 2.24) is 20.1 Å². The molecule has 150 valence electrons. The first-order valence-electron chi connectivity index (χ1n) is 9.74. The Balaban J connectivity index is 1.67. The summed E-state index contributed by atoms with van der Waals surface area (Å²) in [5.41, 5.74) is 4.03. The molecule has 2 aromatic carbocycles. The van der Waals surface area contributed by atoms with E-state index in [0.29, 0.717) is 17.8 Å². The summed E-state index contributed by atoms with van der Waals surface area (Å²) in [7, 11) is 0. The Morgan fingerprint density at radius 3 is 2.35 bits per heavy atom. The van der Waals surface area contributed by atoms with Crippen LogP contribution in [0, 0.1) is 11.3 Å². The molecule has 0 aliphatic carbocycles. The molecule has 6 heteroatoms. The molecular weight excluding hydrogens is 386 g/mol. The van der Waals surface area contributed by atoms with Gasteiger partial charge in [-0.25, -0.2) is 4.68 Å². The SMILES string of the molecule is N#C/C(=C\c1cn(-c2ccccc2)nc1-c1ccncc1)C(=O)NCc1ccccc1. The van der Waals surface area contributed by atoms with E-state index in [1.807, 2.05) is 85.1 Å². The summed E-state index contributed by atoms with van der Waals surface area (Å²) in [5, 5.41) is 17.1. The van der Waals surface area contributed by atoms with Crippen molar-refractivity contribution in [2.45, 2.75) is 6.54 Å². The van der Waals surface area contributed by atoms with Gasteiger partial charge in [0, 0.05) is 36.3 Å². The van der Waals surface area contributed by atoms with Gasteiger partial charge in [-0.05, 0) is 35.9 Å². The van der Waals surface area contributed by atoms with Gasteiger partial charge in [0.25, 0.3) is 5.91 Å². The monoisotopic (exact) mass is 405 g/mol. The highest BCUT2D eigenvalue weighted by Gasteiger charge is 2.15. The average molecular weight is 405 g/mol. The van der Waals surface area contributed by atoms with Gasteiger partial charge in [-0.2, -0.15) is 10.4 Å². The van der Waals surface area contributed by atoms with E-state index in [1.165, 1.54) is 0 Å². The molecule has 4 rings (SSSR count). The highest BCUT2D eigenvalue weighted by Crippen LogP contribution is 2.25. The number of aromatic nitrogens is 3. The molecule has 6 nitrogen and oxygen atoms in total. The van der Waals surface area contributed by atoms with Crippen molar-refractivity contribution in [2.24, 2.45) is 0 Å². The van der Waals surface area contributed by atoms with Crippen LogP contribution < -0.4 is 5.32 Å². The van der Waals surface area contributed by atoms with Crippen LogP contribution in [-0.2, 0) is 11.3 Å². The molecule has 2 heterocycles. The Morgan fingerprint density at radius 2 is 1.68 bits per heavy atom. The van der Waals surface area contributed by atoms with Gasteiger partial charge in [0.1, 0.15) is 17.3 Å². The molecule has 0 fully saturated rings. The fourth-order valence-corrected chi connectivity index (χ4v) is 3.12. The van der Waals surface area contributed by atoms with Crippen molar-refractivity contribution >= 4 is 12.0 Å². The van der Waals surface area contributed by atoms with E-state index in [0.717, 1.165) is 16.8 Å². The van der Waals surface area contributed by atoms with E-state index in [1.54, 1.807) is 23.2 Å². The number of pyridine rings is 1. The summed E-state index contributed by atoms with van der Waals surface area (Å²) in [4.78, 5) is 16.7. The van der Waals surface area contributed by atoms with Crippen LogP contribution in [0.3, 0.4) is 0 Å². The molecule has 2 aromatic heterocycles. The summed E-state index contributed by atoms with van der Waals surface area (Å²) in [6, 6.07) is 24.9. The van der Waals surface area contributed by atoms with Gasteiger partial charge in [-0.1, -0.05) is 48.5 Å².